The lowest BCUT2D eigenvalue weighted by atomic mass is 10.2. The summed E-state index contributed by atoms with van der Waals surface area (Å²) in [5.41, 5.74) is 0. The minimum atomic E-state index is -1.04. The molecule has 0 aliphatic carbocycles. The first kappa shape index (κ1) is 23.5. The summed E-state index contributed by atoms with van der Waals surface area (Å²) in [6, 6.07) is 0. The van der Waals surface area contributed by atoms with Crippen molar-refractivity contribution in [3.05, 3.63) is 25.1 Å². The standard InChI is InChI=1S/C12H24N3O11/c16-7-3-1-5-11(25-13(18)19)9-23-15(22)24-10-12(26-14(20)21)6-2-4-8-17/h11-12,16-17H,1-10H2/q+1/t11-,12-/m1/s1. The van der Waals surface area contributed by atoms with Gasteiger partial charge in [0.15, 0.2) is 13.2 Å². The van der Waals surface area contributed by atoms with Crippen molar-refractivity contribution >= 4 is 0 Å². The van der Waals surface area contributed by atoms with Crippen molar-refractivity contribution in [2.75, 3.05) is 26.4 Å². The topological polar surface area (TPSA) is 184 Å². The molecule has 2 N–H and O–H groups in total. The summed E-state index contributed by atoms with van der Waals surface area (Å²) in [7, 11) is 0. The van der Waals surface area contributed by atoms with Gasteiger partial charge in [0.1, 0.15) is 17.1 Å². The Morgan fingerprint density at radius 2 is 1.12 bits per heavy atom. The van der Waals surface area contributed by atoms with Gasteiger partial charge in [0, 0.05) is 13.2 Å². The van der Waals surface area contributed by atoms with Crippen LogP contribution < -0.4 is 0 Å². The first-order valence-corrected chi connectivity index (χ1v) is 7.96. The highest BCUT2D eigenvalue weighted by Gasteiger charge is 2.24. The Labute approximate surface area is 148 Å². The lowest BCUT2D eigenvalue weighted by molar-refractivity contribution is -0.985. The number of rotatable bonds is 18. The van der Waals surface area contributed by atoms with Crippen LogP contribution in [0.2, 0.25) is 0 Å². The van der Waals surface area contributed by atoms with Crippen LogP contribution in [0.4, 0.5) is 0 Å². The predicted octanol–water partition coefficient (Wildman–Crippen LogP) is 0.107. The van der Waals surface area contributed by atoms with Gasteiger partial charge in [0.05, 0.1) is 0 Å². The highest BCUT2D eigenvalue weighted by Crippen LogP contribution is 2.08. The monoisotopic (exact) mass is 386 g/mol. The summed E-state index contributed by atoms with van der Waals surface area (Å²) in [6.45, 7) is -1.14. The van der Waals surface area contributed by atoms with E-state index >= 15 is 0 Å². The minimum Gasteiger partial charge on any atom is -0.396 e. The molecule has 0 bridgehead atoms. The Morgan fingerprint density at radius 3 is 1.42 bits per heavy atom. The maximum absolute atomic E-state index is 11.4. The van der Waals surface area contributed by atoms with Crippen molar-refractivity contribution in [3.63, 3.8) is 0 Å². The smallest absolute Gasteiger partial charge is 0.396 e. The summed E-state index contributed by atoms with van der Waals surface area (Å²) >= 11 is 0. The van der Waals surface area contributed by atoms with Crippen LogP contribution in [0.5, 0.6) is 0 Å². The van der Waals surface area contributed by atoms with Gasteiger partial charge in [-0.15, -0.1) is 20.2 Å². The van der Waals surface area contributed by atoms with Gasteiger partial charge in [-0.2, -0.15) is 9.68 Å². The zero-order valence-electron chi connectivity index (χ0n) is 14.1. The lowest BCUT2D eigenvalue weighted by Gasteiger charge is -2.12. The van der Waals surface area contributed by atoms with Gasteiger partial charge in [-0.25, -0.2) is 0 Å². The molecule has 0 aromatic heterocycles. The Kier molecular flexibility index (Phi) is 13.4. The Bertz CT molecular complexity index is 387. The average molecular weight is 386 g/mol. The number of aliphatic hydroxyl groups excluding tert-OH is 2. The van der Waals surface area contributed by atoms with Gasteiger partial charge in [0.25, 0.3) is 10.2 Å². The maximum Gasteiger partial charge on any atom is 0.477 e. The number of unbranched alkanes of at least 4 members (excludes halogenated alkanes) is 2. The third-order valence-corrected chi connectivity index (χ3v) is 3.07. The second-order valence-electron chi connectivity index (χ2n) is 5.16. The summed E-state index contributed by atoms with van der Waals surface area (Å²) in [5.74, 6) is 0. The molecule has 2 atom stereocenters. The predicted molar refractivity (Wildman–Crippen MR) is 81.1 cm³/mol. The fourth-order valence-electron chi connectivity index (χ4n) is 1.87. The molecule has 0 fully saturated rings. The second-order valence-corrected chi connectivity index (χ2v) is 5.16. The van der Waals surface area contributed by atoms with E-state index in [1.54, 1.807) is 0 Å². The fraction of sp³-hybridized carbons (Fsp3) is 1.00. The molecule has 26 heavy (non-hydrogen) atoms. The molecule has 0 unspecified atom stereocenters. The molecular formula is C12H24N3O11+. The molecule has 0 aromatic carbocycles. The van der Waals surface area contributed by atoms with E-state index in [1.165, 1.54) is 0 Å². The van der Waals surface area contributed by atoms with Crippen molar-refractivity contribution in [3.8, 4) is 0 Å². The molecule has 0 radical (unpaired) electrons. The molecular weight excluding hydrogens is 362 g/mol. The van der Waals surface area contributed by atoms with Crippen LogP contribution in [0.15, 0.2) is 0 Å². The zero-order valence-corrected chi connectivity index (χ0v) is 14.1. The Morgan fingerprint density at radius 1 is 0.731 bits per heavy atom. The molecule has 0 aromatic rings. The van der Waals surface area contributed by atoms with Gasteiger partial charge in [-0.3, -0.25) is 0 Å². The van der Waals surface area contributed by atoms with Crippen LogP contribution in [0.3, 0.4) is 0 Å². The highest BCUT2D eigenvalue weighted by molar-refractivity contribution is 4.55. The van der Waals surface area contributed by atoms with Crippen molar-refractivity contribution in [1.82, 2.24) is 0 Å². The molecule has 0 spiro atoms. The first-order chi connectivity index (χ1) is 12.4. The molecule has 0 aliphatic heterocycles. The number of hydrogen-bond acceptors (Lipinski definition) is 11. The van der Waals surface area contributed by atoms with Crippen LogP contribution in [-0.4, -0.2) is 64.1 Å². The third kappa shape index (κ3) is 13.9. The highest BCUT2D eigenvalue weighted by atomic mass is 17.0. The molecule has 0 amide bonds. The van der Waals surface area contributed by atoms with Crippen molar-refractivity contribution in [2.45, 2.75) is 50.7 Å². The van der Waals surface area contributed by atoms with E-state index in [4.69, 9.17) is 10.2 Å². The second kappa shape index (κ2) is 14.8. The van der Waals surface area contributed by atoms with Crippen LogP contribution >= 0.6 is 0 Å². The summed E-state index contributed by atoms with van der Waals surface area (Å²) < 4.78 is 0. The third-order valence-electron chi connectivity index (χ3n) is 3.07. The number of aliphatic hydroxyl groups is 2. The van der Waals surface area contributed by atoms with Gasteiger partial charge >= 0.3 is 5.09 Å². The van der Waals surface area contributed by atoms with E-state index in [1.807, 2.05) is 0 Å². The van der Waals surface area contributed by atoms with E-state index < -0.39 is 35.6 Å². The van der Waals surface area contributed by atoms with Gasteiger partial charge in [0.2, 0.25) is 0 Å². The lowest BCUT2D eigenvalue weighted by Crippen LogP contribution is -2.29. The fourth-order valence-corrected chi connectivity index (χ4v) is 1.87. The molecule has 0 rings (SSSR count). The van der Waals surface area contributed by atoms with E-state index in [-0.39, 0.29) is 31.1 Å². The molecule has 152 valence electrons. The molecule has 0 saturated carbocycles. The van der Waals surface area contributed by atoms with Gasteiger partial charge in [-0.1, -0.05) is 0 Å². The molecule has 14 heteroatoms. The van der Waals surface area contributed by atoms with E-state index in [9.17, 15) is 25.1 Å². The zero-order chi connectivity index (χ0) is 19.8. The molecule has 0 saturated heterocycles. The first-order valence-electron chi connectivity index (χ1n) is 7.96. The quantitative estimate of drug-likeness (QED) is 0.185. The minimum absolute atomic E-state index is 0.0864. The molecule has 14 nitrogen and oxygen atoms in total. The van der Waals surface area contributed by atoms with Crippen molar-refractivity contribution in [1.29, 1.82) is 0 Å². The normalized spacial score (nSPS) is 12.7. The molecule has 0 aliphatic rings. The Hall–Kier alpha value is -2.48. The number of nitrogens with zero attached hydrogens (tertiary/aromatic N) is 3. The SMILES string of the molecule is O=[N+]([O-])O[C@H](CCCCO)CO[N+](=O)OC[C@@H](CCCCO)O[N+](=O)[O-]. The van der Waals surface area contributed by atoms with Crippen LogP contribution in [0.1, 0.15) is 38.5 Å². The van der Waals surface area contributed by atoms with Gasteiger partial charge in [-0.05, 0) is 38.5 Å². The van der Waals surface area contributed by atoms with Crippen molar-refractivity contribution in [2.24, 2.45) is 0 Å². The van der Waals surface area contributed by atoms with Crippen LogP contribution in [0.25, 0.3) is 0 Å². The van der Waals surface area contributed by atoms with E-state index in [0.717, 1.165) is 0 Å². The van der Waals surface area contributed by atoms with E-state index in [0.29, 0.717) is 25.7 Å². The molecule has 0 heterocycles. The van der Waals surface area contributed by atoms with Crippen molar-refractivity contribution < 1.29 is 44.8 Å². The summed E-state index contributed by atoms with van der Waals surface area (Å²) in [6.07, 6.45) is -0.0819. The summed E-state index contributed by atoms with van der Waals surface area (Å²) in [5, 5.41) is 35.8. The van der Waals surface area contributed by atoms with E-state index in [2.05, 4.69) is 19.4 Å². The largest absolute Gasteiger partial charge is 0.477 e. The van der Waals surface area contributed by atoms with Crippen LogP contribution in [-0.2, 0) is 19.4 Å². The van der Waals surface area contributed by atoms with Gasteiger partial charge < -0.3 is 19.9 Å². The van der Waals surface area contributed by atoms with Crippen LogP contribution in [0, 0.1) is 25.1 Å². The average Bonchev–Trinajstić information content (AvgIpc) is 2.56. The maximum atomic E-state index is 11.4. The number of hydrogen-bond donors (Lipinski definition) is 2. The summed E-state index contributed by atoms with van der Waals surface area (Å²) in [4.78, 5) is 50.1. The Balaban J connectivity index is 4.26.